The zero-order chi connectivity index (χ0) is 20.4. The molecule has 1 aliphatic rings. The number of methoxy groups -OCH3 is 1. The van der Waals surface area contributed by atoms with Crippen molar-refractivity contribution in [3.05, 3.63) is 93.1 Å². The number of allylic oxidation sites excluding steroid dienone is 1. The Morgan fingerprint density at radius 1 is 1.00 bits per heavy atom. The van der Waals surface area contributed by atoms with Gasteiger partial charge >= 0.3 is 0 Å². The van der Waals surface area contributed by atoms with E-state index in [2.05, 4.69) is 15.9 Å². The predicted molar refractivity (Wildman–Crippen MR) is 116 cm³/mol. The van der Waals surface area contributed by atoms with Crippen molar-refractivity contribution in [1.82, 2.24) is 0 Å². The van der Waals surface area contributed by atoms with Crippen LogP contribution < -0.4 is 14.2 Å². The minimum atomic E-state index is -0.130. The van der Waals surface area contributed by atoms with Gasteiger partial charge in [-0.15, -0.1) is 0 Å². The van der Waals surface area contributed by atoms with Gasteiger partial charge < -0.3 is 14.2 Å². The summed E-state index contributed by atoms with van der Waals surface area (Å²) in [4.78, 5) is 12.8. The standard InChI is InChI=1S/C24H19BrO4/c1-15-20(28-14-17-8-4-6-10-21(17)27-2)12-11-18-23(26)22(29-24(15)18)13-16-7-3-5-9-19(16)25/h3-13H,14H2,1-2H3/b22-13-. The molecule has 0 spiro atoms. The number of halogens is 1. The molecule has 1 heterocycles. The van der Waals surface area contributed by atoms with Crippen LogP contribution in [0.1, 0.15) is 27.0 Å². The van der Waals surface area contributed by atoms with Gasteiger partial charge in [-0.1, -0.05) is 52.3 Å². The van der Waals surface area contributed by atoms with Crippen molar-refractivity contribution in [2.75, 3.05) is 7.11 Å². The summed E-state index contributed by atoms with van der Waals surface area (Å²) in [6, 6.07) is 19.0. The maximum absolute atomic E-state index is 12.8. The first kappa shape index (κ1) is 19.3. The van der Waals surface area contributed by atoms with Crippen LogP contribution in [0.5, 0.6) is 17.2 Å². The van der Waals surface area contributed by atoms with Crippen LogP contribution in [0.25, 0.3) is 6.08 Å². The molecule has 0 radical (unpaired) electrons. The molecule has 0 aromatic heterocycles. The van der Waals surface area contributed by atoms with Crippen molar-refractivity contribution >= 4 is 27.8 Å². The number of carbonyl (C=O) groups excluding carboxylic acids is 1. The van der Waals surface area contributed by atoms with Crippen molar-refractivity contribution in [2.45, 2.75) is 13.5 Å². The molecule has 3 aromatic carbocycles. The van der Waals surface area contributed by atoms with E-state index in [1.807, 2.05) is 61.5 Å². The van der Waals surface area contributed by atoms with Crippen molar-refractivity contribution in [3.8, 4) is 17.2 Å². The first-order valence-electron chi connectivity index (χ1n) is 9.15. The van der Waals surface area contributed by atoms with Crippen molar-refractivity contribution < 1.29 is 19.0 Å². The Morgan fingerprint density at radius 2 is 1.76 bits per heavy atom. The Morgan fingerprint density at radius 3 is 2.55 bits per heavy atom. The number of ketones is 1. The van der Waals surface area contributed by atoms with Crippen molar-refractivity contribution in [2.24, 2.45) is 0 Å². The van der Waals surface area contributed by atoms with Crippen molar-refractivity contribution in [3.63, 3.8) is 0 Å². The molecule has 0 amide bonds. The number of carbonyl (C=O) groups is 1. The minimum Gasteiger partial charge on any atom is -0.496 e. The average Bonchev–Trinajstić information content (AvgIpc) is 3.06. The summed E-state index contributed by atoms with van der Waals surface area (Å²) in [5.74, 6) is 2.17. The molecule has 4 rings (SSSR count). The second-order valence-corrected chi connectivity index (χ2v) is 7.48. The molecule has 0 fully saturated rings. The second-order valence-electron chi connectivity index (χ2n) is 6.63. The van der Waals surface area contributed by atoms with E-state index < -0.39 is 0 Å². The SMILES string of the molecule is COc1ccccc1COc1ccc2c(c1C)O/C(=C\c1ccccc1Br)C2=O. The van der Waals surface area contributed by atoms with Crippen molar-refractivity contribution in [1.29, 1.82) is 0 Å². The lowest BCUT2D eigenvalue weighted by Gasteiger charge is -2.13. The van der Waals surface area contributed by atoms with E-state index >= 15 is 0 Å². The first-order chi connectivity index (χ1) is 14.1. The van der Waals surface area contributed by atoms with Gasteiger partial charge in [0.25, 0.3) is 0 Å². The third kappa shape index (κ3) is 3.78. The molecule has 0 saturated carbocycles. The highest BCUT2D eigenvalue weighted by atomic mass is 79.9. The number of Topliss-reactive ketones (excluding diaryl/α,β-unsaturated/α-hetero) is 1. The van der Waals surface area contributed by atoms with Crippen LogP contribution in [0.2, 0.25) is 0 Å². The summed E-state index contributed by atoms with van der Waals surface area (Å²) in [5.41, 5.74) is 3.17. The number of ether oxygens (including phenoxy) is 3. The van der Waals surface area contributed by atoms with E-state index in [1.54, 1.807) is 19.3 Å². The molecule has 0 bridgehead atoms. The Labute approximate surface area is 177 Å². The Hall–Kier alpha value is -3.05. The maximum atomic E-state index is 12.8. The van der Waals surface area contributed by atoms with E-state index in [9.17, 15) is 4.79 Å². The number of rotatable bonds is 5. The summed E-state index contributed by atoms with van der Waals surface area (Å²) in [7, 11) is 1.64. The summed E-state index contributed by atoms with van der Waals surface area (Å²) in [5, 5.41) is 0. The van der Waals surface area contributed by atoms with Crippen LogP contribution in [0, 0.1) is 6.92 Å². The van der Waals surface area contributed by atoms with E-state index in [0.29, 0.717) is 29.4 Å². The van der Waals surface area contributed by atoms with Crippen LogP contribution in [0.4, 0.5) is 0 Å². The van der Waals surface area contributed by atoms with Crippen LogP contribution in [0.15, 0.2) is 70.9 Å². The quantitative estimate of drug-likeness (QED) is 0.449. The molecule has 3 aromatic rings. The molecule has 0 N–H and O–H groups in total. The third-order valence-corrected chi connectivity index (χ3v) is 5.53. The molecule has 4 nitrogen and oxygen atoms in total. The fraction of sp³-hybridized carbons (Fsp3) is 0.125. The van der Waals surface area contributed by atoms with Gasteiger partial charge in [-0.25, -0.2) is 0 Å². The molecule has 5 heteroatoms. The zero-order valence-electron chi connectivity index (χ0n) is 16.1. The zero-order valence-corrected chi connectivity index (χ0v) is 17.7. The molecule has 0 aliphatic carbocycles. The monoisotopic (exact) mass is 450 g/mol. The molecule has 146 valence electrons. The molecule has 29 heavy (non-hydrogen) atoms. The van der Waals surface area contributed by atoms with E-state index in [1.165, 1.54) is 0 Å². The van der Waals surface area contributed by atoms with Gasteiger partial charge in [0.1, 0.15) is 23.9 Å². The summed E-state index contributed by atoms with van der Waals surface area (Å²) in [6.07, 6.45) is 1.75. The van der Waals surface area contributed by atoms with Crippen LogP contribution in [-0.4, -0.2) is 12.9 Å². The van der Waals surface area contributed by atoms with Crippen LogP contribution in [0.3, 0.4) is 0 Å². The lowest BCUT2D eigenvalue weighted by molar-refractivity contribution is 0.101. The summed E-state index contributed by atoms with van der Waals surface area (Å²) >= 11 is 3.50. The van der Waals surface area contributed by atoms with Gasteiger partial charge in [-0.2, -0.15) is 0 Å². The molecule has 0 saturated heterocycles. The maximum Gasteiger partial charge on any atom is 0.231 e. The van der Waals surface area contributed by atoms with E-state index in [4.69, 9.17) is 14.2 Å². The molecule has 0 atom stereocenters. The highest BCUT2D eigenvalue weighted by Crippen LogP contribution is 2.40. The topological polar surface area (TPSA) is 44.8 Å². The Balaban J connectivity index is 1.59. The van der Waals surface area contributed by atoms with Gasteiger partial charge in [0, 0.05) is 15.6 Å². The van der Waals surface area contributed by atoms with E-state index in [-0.39, 0.29) is 5.78 Å². The fourth-order valence-corrected chi connectivity index (χ4v) is 3.63. The predicted octanol–water partition coefficient (Wildman–Crippen LogP) is 5.96. The Bertz CT molecular complexity index is 1120. The summed E-state index contributed by atoms with van der Waals surface area (Å²) < 4.78 is 18.2. The van der Waals surface area contributed by atoms with Crippen LogP contribution >= 0.6 is 15.9 Å². The molecule has 0 unspecified atom stereocenters. The normalized spacial score (nSPS) is 13.9. The molecular weight excluding hydrogens is 432 g/mol. The van der Waals surface area contributed by atoms with Gasteiger partial charge in [-0.3, -0.25) is 4.79 Å². The average molecular weight is 451 g/mol. The van der Waals surface area contributed by atoms with Crippen LogP contribution in [-0.2, 0) is 6.61 Å². The van der Waals surface area contributed by atoms with Gasteiger partial charge in [-0.05, 0) is 42.8 Å². The lowest BCUT2D eigenvalue weighted by atomic mass is 10.1. The number of para-hydroxylation sites is 1. The fourth-order valence-electron chi connectivity index (χ4n) is 3.24. The number of benzene rings is 3. The minimum absolute atomic E-state index is 0.130. The summed E-state index contributed by atoms with van der Waals surface area (Å²) in [6.45, 7) is 2.25. The lowest BCUT2D eigenvalue weighted by Crippen LogP contribution is -2.00. The number of hydrogen-bond acceptors (Lipinski definition) is 4. The Kier molecular flexibility index (Phi) is 5.41. The number of hydrogen-bond donors (Lipinski definition) is 0. The van der Waals surface area contributed by atoms with Gasteiger partial charge in [0.05, 0.1) is 12.7 Å². The van der Waals surface area contributed by atoms with E-state index in [0.717, 1.165) is 26.9 Å². The largest absolute Gasteiger partial charge is 0.496 e. The molecular formula is C24H19BrO4. The smallest absolute Gasteiger partial charge is 0.231 e. The first-order valence-corrected chi connectivity index (χ1v) is 9.95. The highest BCUT2D eigenvalue weighted by Gasteiger charge is 2.30. The molecule has 1 aliphatic heterocycles. The number of fused-ring (bicyclic) bond motifs is 1. The third-order valence-electron chi connectivity index (χ3n) is 4.80. The van der Waals surface area contributed by atoms with Gasteiger partial charge in [0.2, 0.25) is 5.78 Å². The van der Waals surface area contributed by atoms with Gasteiger partial charge in [0.15, 0.2) is 5.76 Å². The second kappa shape index (κ2) is 8.13. The highest BCUT2D eigenvalue weighted by molar-refractivity contribution is 9.10.